The maximum Gasteiger partial charge on any atom is 0.326 e. The quantitative estimate of drug-likeness (QED) is 0.788. The lowest BCUT2D eigenvalue weighted by Crippen LogP contribution is -2.52. The normalized spacial score (nSPS) is 30.5. The molecular formula is C12H18N4O2S. The predicted molar refractivity (Wildman–Crippen MR) is 70.8 cm³/mol. The van der Waals surface area contributed by atoms with Crippen LogP contribution in [-0.4, -0.2) is 45.1 Å². The highest BCUT2D eigenvalue weighted by atomic mass is 32.2. The number of nitrogens with one attached hydrogen (secondary N) is 2. The Balaban J connectivity index is 1.67. The standard InChI is InChI=1S/C12H18N4O2S/c1-18-10(17)12(15-8-2-3-8)5-4-9(6-12)19-11-13-7-14-16-11/h7-9,15H,2-6H2,1H3,(H,13,14,16). The van der Waals surface area contributed by atoms with Crippen LogP contribution in [0.5, 0.6) is 0 Å². The molecule has 19 heavy (non-hydrogen) atoms. The number of nitrogens with zero attached hydrogens (tertiary/aromatic N) is 2. The Morgan fingerprint density at radius 3 is 3.05 bits per heavy atom. The van der Waals surface area contributed by atoms with E-state index in [0.29, 0.717) is 11.3 Å². The number of carbonyl (C=O) groups is 1. The van der Waals surface area contributed by atoms with Crippen LogP contribution in [0.2, 0.25) is 0 Å². The molecule has 1 heterocycles. The predicted octanol–water partition coefficient (Wildman–Crippen LogP) is 1.11. The molecule has 0 amide bonds. The highest BCUT2D eigenvalue weighted by Gasteiger charge is 2.49. The van der Waals surface area contributed by atoms with Crippen LogP contribution in [0, 0.1) is 0 Å². The highest BCUT2D eigenvalue weighted by molar-refractivity contribution is 7.99. The van der Waals surface area contributed by atoms with Gasteiger partial charge in [0.05, 0.1) is 7.11 Å². The largest absolute Gasteiger partial charge is 0.468 e. The van der Waals surface area contributed by atoms with Crippen LogP contribution in [0.4, 0.5) is 0 Å². The van der Waals surface area contributed by atoms with Crippen molar-refractivity contribution in [3.63, 3.8) is 0 Å². The zero-order valence-electron chi connectivity index (χ0n) is 10.9. The second-order valence-electron chi connectivity index (χ2n) is 5.27. The Kier molecular flexibility index (Phi) is 3.49. The Morgan fingerprint density at radius 2 is 2.42 bits per heavy atom. The summed E-state index contributed by atoms with van der Waals surface area (Å²) in [6, 6.07) is 0.494. The first-order valence-corrected chi connectivity index (χ1v) is 7.48. The number of thioether (sulfide) groups is 1. The van der Waals surface area contributed by atoms with Gasteiger partial charge in [0.2, 0.25) is 0 Å². The number of aromatic amines is 1. The molecule has 2 unspecified atom stereocenters. The lowest BCUT2D eigenvalue weighted by molar-refractivity contribution is -0.148. The Bertz CT molecular complexity index is 449. The van der Waals surface area contributed by atoms with Crippen LogP contribution >= 0.6 is 11.8 Å². The van der Waals surface area contributed by atoms with E-state index in [0.717, 1.165) is 24.4 Å². The molecule has 0 aliphatic heterocycles. The molecule has 2 aliphatic carbocycles. The monoisotopic (exact) mass is 282 g/mol. The number of rotatable bonds is 5. The van der Waals surface area contributed by atoms with Gasteiger partial charge in [0.1, 0.15) is 11.9 Å². The fourth-order valence-corrected chi connectivity index (χ4v) is 3.83. The van der Waals surface area contributed by atoms with E-state index in [1.54, 1.807) is 11.8 Å². The van der Waals surface area contributed by atoms with Crippen molar-refractivity contribution in [3.8, 4) is 0 Å². The van der Waals surface area contributed by atoms with Gasteiger partial charge in [-0.1, -0.05) is 11.8 Å². The van der Waals surface area contributed by atoms with Crippen LogP contribution < -0.4 is 5.32 Å². The summed E-state index contributed by atoms with van der Waals surface area (Å²) in [5.41, 5.74) is -0.492. The van der Waals surface area contributed by atoms with Gasteiger partial charge in [-0.25, -0.2) is 4.98 Å². The van der Waals surface area contributed by atoms with Crippen LogP contribution in [0.3, 0.4) is 0 Å². The van der Waals surface area contributed by atoms with Gasteiger partial charge in [-0.15, -0.1) is 0 Å². The van der Waals surface area contributed by atoms with Crippen molar-refractivity contribution in [1.82, 2.24) is 20.5 Å². The van der Waals surface area contributed by atoms with Crippen molar-refractivity contribution in [2.24, 2.45) is 0 Å². The number of methoxy groups -OCH3 is 1. The summed E-state index contributed by atoms with van der Waals surface area (Å²) in [4.78, 5) is 16.2. The molecule has 0 bridgehead atoms. The Labute approximate surface area is 116 Å². The molecule has 1 aromatic rings. The molecule has 2 saturated carbocycles. The van der Waals surface area contributed by atoms with E-state index in [4.69, 9.17) is 4.74 Å². The smallest absolute Gasteiger partial charge is 0.326 e. The molecular weight excluding hydrogens is 264 g/mol. The first kappa shape index (κ1) is 12.9. The number of carbonyl (C=O) groups excluding carboxylic acids is 1. The zero-order valence-corrected chi connectivity index (χ0v) is 11.7. The van der Waals surface area contributed by atoms with Crippen molar-refractivity contribution in [2.75, 3.05) is 7.11 Å². The molecule has 1 aromatic heterocycles. The lowest BCUT2D eigenvalue weighted by Gasteiger charge is -2.27. The first-order valence-electron chi connectivity index (χ1n) is 6.60. The third-order valence-corrected chi connectivity index (χ3v) is 4.93. The van der Waals surface area contributed by atoms with Crippen molar-refractivity contribution in [1.29, 1.82) is 0 Å². The van der Waals surface area contributed by atoms with E-state index in [9.17, 15) is 4.79 Å². The van der Waals surface area contributed by atoms with Crippen LogP contribution in [0.1, 0.15) is 32.1 Å². The minimum atomic E-state index is -0.492. The fourth-order valence-electron chi connectivity index (χ4n) is 2.70. The zero-order chi connectivity index (χ0) is 13.3. The minimum Gasteiger partial charge on any atom is -0.468 e. The SMILES string of the molecule is COC(=O)C1(NC2CC2)CCC(Sc2ncn[nH]2)C1. The summed E-state index contributed by atoms with van der Waals surface area (Å²) in [6.07, 6.45) is 6.45. The molecule has 2 aliphatic rings. The summed E-state index contributed by atoms with van der Waals surface area (Å²) >= 11 is 1.66. The van der Waals surface area contributed by atoms with E-state index in [2.05, 4.69) is 20.5 Å². The van der Waals surface area contributed by atoms with Gasteiger partial charge in [0.15, 0.2) is 5.16 Å². The van der Waals surface area contributed by atoms with Gasteiger partial charge in [-0.3, -0.25) is 15.2 Å². The number of hydrogen-bond donors (Lipinski definition) is 2. The number of esters is 1. The van der Waals surface area contributed by atoms with Gasteiger partial charge in [0.25, 0.3) is 0 Å². The van der Waals surface area contributed by atoms with Gasteiger partial charge in [-0.05, 0) is 32.1 Å². The second kappa shape index (κ2) is 5.13. The summed E-state index contributed by atoms with van der Waals surface area (Å²) in [5.74, 6) is -0.125. The molecule has 0 spiro atoms. The number of aromatic nitrogens is 3. The van der Waals surface area contributed by atoms with Gasteiger partial charge in [-0.2, -0.15) is 5.10 Å². The lowest BCUT2D eigenvalue weighted by atomic mass is 9.97. The van der Waals surface area contributed by atoms with Crippen molar-refractivity contribution in [2.45, 2.75) is 54.1 Å². The van der Waals surface area contributed by atoms with E-state index < -0.39 is 5.54 Å². The van der Waals surface area contributed by atoms with Crippen LogP contribution in [-0.2, 0) is 9.53 Å². The Hall–Kier alpha value is -1.08. The number of H-pyrrole nitrogens is 1. The maximum absolute atomic E-state index is 12.1. The summed E-state index contributed by atoms with van der Waals surface area (Å²) in [6.45, 7) is 0. The molecule has 2 atom stereocenters. The fraction of sp³-hybridized carbons (Fsp3) is 0.750. The molecule has 6 nitrogen and oxygen atoms in total. The van der Waals surface area contributed by atoms with E-state index in [1.165, 1.54) is 26.3 Å². The summed E-state index contributed by atoms with van der Waals surface area (Å²) < 4.78 is 5.00. The van der Waals surface area contributed by atoms with Crippen molar-refractivity contribution in [3.05, 3.63) is 6.33 Å². The molecule has 104 valence electrons. The number of ether oxygens (including phenoxy) is 1. The Morgan fingerprint density at radius 1 is 1.58 bits per heavy atom. The molecule has 2 fully saturated rings. The van der Waals surface area contributed by atoms with E-state index in [1.807, 2.05) is 0 Å². The van der Waals surface area contributed by atoms with E-state index in [-0.39, 0.29) is 5.97 Å². The van der Waals surface area contributed by atoms with E-state index >= 15 is 0 Å². The average molecular weight is 282 g/mol. The highest BCUT2D eigenvalue weighted by Crippen LogP contribution is 2.41. The van der Waals surface area contributed by atoms with Crippen LogP contribution in [0.15, 0.2) is 11.5 Å². The summed E-state index contributed by atoms with van der Waals surface area (Å²) in [7, 11) is 1.47. The topological polar surface area (TPSA) is 79.9 Å². The second-order valence-corrected chi connectivity index (χ2v) is 6.55. The third-order valence-electron chi connectivity index (χ3n) is 3.77. The molecule has 7 heteroatoms. The van der Waals surface area contributed by atoms with Crippen LogP contribution in [0.25, 0.3) is 0 Å². The molecule has 0 saturated heterocycles. The van der Waals surface area contributed by atoms with Gasteiger partial charge in [0, 0.05) is 11.3 Å². The summed E-state index contributed by atoms with van der Waals surface area (Å²) in [5, 5.41) is 11.4. The average Bonchev–Trinajstić information content (AvgIpc) is 2.91. The first-order chi connectivity index (χ1) is 9.22. The molecule has 2 N–H and O–H groups in total. The minimum absolute atomic E-state index is 0.125. The van der Waals surface area contributed by atoms with Crippen molar-refractivity contribution >= 4 is 17.7 Å². The van der Waals surface area contributed by atoms with Crippen molar-refractivity contribution < 1.29 is 9.53 Å². The molecule has 3 rings (SSSR count). The maximum atomic E-state index is 12.1. The molecule has 0 aromatic carbocycles. The number of hydrogen-bond acceptors (Lipinski definition) is 6. The van der Waals surface area contributed by atoms with Gasteiger partial charge >= 0.3 is 5.97 Å². The molecule has 0 radical (unpaired) electrons. The van der Waals surface area contributed by atoms with Gasteiger partial charge < -0.3 is 4.74 Å². The third kappa shape index (κ3) is 2.76.